The second-order valence-corrected chi connectivity index (χ2v) is 5.17. The number of hydrogen-bond acceptors (Lipinski definition) is 4. The number of hydrogen-bond donors (Lipinski definition) is 1. The molecule has 0 spiro atoms. The van der Waals surface area contributed by atoms with Gasteiger partial charge in [-0.1, -0.05) is 13.0 Å². The van der Waals surface area contributed by atoms with Gasteiger partial charge in [-0.05, 0) is 6.54 Å². The number of pyridine rings is 1. The van der Waals surface area contributed by atoms with E-state index in [0.29, 0.717) is 6.54 Å². The van der Waals surface area contributed by atoms with E-state index in [-0.39, 0.29) is 11.2 Å². The van der Waals surface area contributed by atoms with Gasteiger partial charge in [0.05, 0.1) is 6.20 Å². The first-order valence-electron chi connectivity index (χ1n) is 7.12. The molecule has 5 heteroatoms. The summed E-state index contributed by atoms with van der Waals surface area (Å²) in [5.41, 5.74) is 0.616. The quantitative estimate of drug-likeness (QED) is 0.812. The lowest BCUT2D eigenvalue weighted by molar-refractivity contribution is 0.129. The molecule has 0 aliphatic carbocycles. The van der Waals surface area contributed by atoms with Crippen LogP contribution in [0.5, 0.6) is 5.75 Å². The van der Waals surface area contributed by atoms with Gasteiger partial charge in [0, 0.05) is 51.0 Å². The molecule has 0 radical (unpaired) electrons. The van der Waals surface area contributed by atoms with E-state index < -0.39 is 0 Å². The molecule has 0 bridgehead atoms. The van der Waals surface area contributed by atoms with Crippen LogP contribution in [0.25, 0.3) is 0 Å². The molecule has 1 aromatic heterocycles. The van der Waals surface area contributed by atoms with Crippen LogP contribution >= 0.6 is 0 Å². The Kier molecular flexibility index (Phi) is 4.98. The molecular weight excluding hydrogens is 254 g/mol. The number of aromatic hydroxyl groups is 1. The summed E-state index contributed by atoms with van der Waals surface area (Å²) in [4.78, 5) is 16.4. The summed E-state index contributed by atoms with van der Waals surface area (Å²) in [6.07, 6.45) is 3.27. The molecular formula is C15H23N3O2. The molecule has 5 nitrogen and oxygen atoms in total. The smallest absolute Gasteiger partial charge is 0.223 e. The maximum absolute atomic E-state index is 11.6. The van der Waals surface area contributed by atoms with Crippen LogP contribution in [0.4, 0.5) is 0 Å². The molecule has 0 amide bonds. The van der Waals surface area contributed by atoms with Crippen molar-refractivity contribution in [3.63, 3.8) is 0 Å². The number of allylic oxidation sites excluding steroid dienone is 1. The summed E-state index contributed by atoms with van der Waals surface area (Å²) in [6, 6.07) is 1.53. The molecule has 0 aromatic carbocycles. The summed E-state index contributed by atoms with van der Waals surface area (Å²) in [7, 11) is 0. The third-order valence-corrected chi connectivity index (χ3v) is 3.82. The Balaban J connectivity index is 2.10. The zero-order chi connectivity index (χ0) is 14.5. The summed E-state index contributed by atoms with van der Waals surface area (Å²) in [5, 5.41) is 9.54. The molecule has 1 fully saturated rings. The number of rotatable bonds is 5. The SMILES string of the molecule is C=CCn1cc(O)c(=O)cc1CN1CCN(CC)CC1. The predicted octanol–water partition coefficient (Wildman–Crippen LogP) is 0.877. The largest absolute Gasteiger partial charge is 0.503 e. The molecule has 0 unspecified atom stereocenters. The van der Waals surface area contributed by atoms with Crippen molar-refractivity contribution in [3.05, 3.63) is 40.8 Å². The molecule has 0 saturated carbocycles. The Hall–Kier alpha value is -1.59. The van der Waals surface area contributed by atoms with Crippen molar-refractivity contribution < 1.29 is 5.11 Å². The zero-order valence-electron chi connectivity index (χ0n) is 12.1. The van der Waals surface area contributed by atoms with Gasteiger partial charge in [-0.15, -0.1) is 6.58 Å². The van der Waals surface area contributed by atoms with Crippen LogP contribution in [-0.4, -0.2) is 52.2 Å². The normalized spacial score (nSPS) is 17.2. The highest BCUT2D eigenvalue weighted by Gasteiger charge is 2.17. The molecule has 110 valence electrons. The summed E-state index contributed by atoms with van der Waals surface area (Å²) in [6.45, 7) is 12.5. The number of aromatic nitrogens is 1. The molecule has 0 atom stereocenters. The fourth-order valence-electron chi connectivity index (χ4n) is 2.54. The van der Waals surface area contributed by atoms with Gasteiger partial charge >= 0.3 is 0 Å². The molecule has 1 aromatic rings. The van der Waals surface area contributed by atoms with Crippen molar-refractivity contribution in [2.24, 2.45) is 0 Å². The van der Waals surface area contributed by atoms with Crippen LogP contribution in [0.15, 0.2) is 29.7 Å². The van der Waals surface area contributed by atoms with E-state index in [9.17, 15) is 9.90 Å². The van der Waals surface area contributed by atoms with Gasteiger partial charge in [0.1, 0.15) is 0 Å². The van der Waals surface area contributed by atoms with Crippen molar-refractivity contribution in [1.29, 1.82) is 0 Å². The van der Waals surface area contributed by atoms with Crippen LogP contribution in [0, 0.1) is 0 Å². The predicted molar refractivity (Wildman–Crippen MR) is 80.0 cm³/mol. The van der Waals surface area contributed by atoms with Gasteiger partial charge < -0.3 is 14.6 Å². The molecule has 1 N–H and O–H groups in total. The van der Waals surface area contributed by atoms with Crippen molar-refractivity contribution in [1.82, 2.24) is 14.4 Å². The van der Waals surface area contributed by atoms with Crippen molar-refractivity contribution in [3.8, 4) is 5.75 Å². The summed E-state index contributed by atoms with van der Waals surface area (Å²) in [5.74, 6) is -0.202. The van der Waals surface area contributed by atoms with Crippen molar-refractivity contribution >= 4 is 0 Å². The lowest BCUT2D eigenvalue weighted by atomic mass is 10.2. The monoisotopic (exact) mass is 277 g/mol. The molecule has 1 aliphatic heterocycles. The first kappa shape index (κ1) is 14.8. The summed E-state index contributed by atoms with van der Waals surface area (Å²) < 4.78 is 1.88. The molecule has 2 heterocycles. The van der Waals surface area contributed by atoms with Crippen LogP contribution in [0.2, 0.25) is 0 Å². The minimum atomic E-state index is -0.312. The molecule has 1 saturated heterocycles. The Morgan fingerprint density at radius 1 is 1.30 bits per heavy atom. The fraction of sp³-hybridized carbons (Fsp3) is 0.533. The third kappa shape index (κ3) is 3.49. The maximum atomic E-state index is 11.6. The first-order valence-corrected chi connectivity index (χ1v) is 7.12. The van der Waals surface area contributed by atoms with Crippen molar-refractivity contribution in [2.75, 3.05) is 32.7 Å². The van der Waals surface area contributed by atoms with E-state index in [2.05, 4.69) is 23.3 Å². The molecule has 1 aliphatic rings. The van der Waals surface area contributed by atoms with Crippen LogP contribution in [0.1, 0.15) is 12.6 Å². The van der Waals surface area contributed by atoms with E-state index in [1.54, 1.807) is 6.08 Å². The molecule has 20 heavy (non-hydrogen) atoms. The minimum absolute atomic E-state index is 0.202. The number of piperazine rings is 1. The first-order chi connectivity index (χ1) is 9.63. The van der Waals surface area contributed by atoms with Gasteiger partial charge in [-0.2, -0.15) is 0 Å². The van der Waals surface area contributed by atoms with Crippen LogP contribution in [0.3, 0.4) is 0 Å². The highest BCUT2D eigenvalue weighted by atomic mass is 16.3. The van der Waals surface area contributed by atoms with Gasteiger partial charge in [0.25, 0.3) is 0 Å². The van der Waals surface area contributed by atoms with Gasteiger partial charge in [-0.25, -0.2) is 0 Å². The van der Waals surface area contributed by atoms with Crippen LogP contribution in [-0.2, 0) is 13.1 Å². The summed E-state index contributed by atoms with van der Waals surface area (Å²) >= 11 is 0. The standard InChI is InChI=1S/C15H23N3O2/c1-3-5-18-12-15(20)14(19)10-13(18)11-17-8-6-16(4-2)7-9-17/h3,10,12,20H,1,4-9,11H2,2H3. The lowest BCUT2D eigenvalue weighted by Crippen LogP contribution is -2.46. The van der Waals surface area contributed by atoms with E-state index in [1.165, 1.54) is 12.3 Å². The highest BCUT2D eigenvalue weighted by molar-refractivity contribution is 5.20. The average Bonchev–Trinajstić information content (AvgIpc) is 2.45. The Morgan fingerprint density at radius 3 is 2.55 bits per heavy atom. The van der Waals surface area contributed by atoms with E-state index in [4.69, 9.17) is 0 Å². The van der Waals surface area contributed by atoms with Crippen LogP contribution < -0.4 is 5.43 Å². The van der Waals surface area contributed by atoms with Gasteiger partial charge in [-0.3, -0.25) is 9.69 Å². The number of nitrogens with zero attached hydrogens (tertiary/aromatic N) is 3. The second kappa shape index (κ2) is 6.72. The highest BCUT2D eigenvalue weighted by Crippen LogP contribution is 2.10. The molecule has 2 rings (SSSR count). The van der Waals surface area contributed by atoms with Crippen molar-refractivity contribution in [2.45, 2.75) is 20.0 Å². The number of likely N-dealkylation sites (N-methyl/N-ethyl adjacent to an activating group) is 1. The Labute approximate surface area is 119 Å². The van der Waals surface area contributed by atoms with E-state index in [1.807, 2.05) is 4.57 Å². The average molecular weight is 277 g/mol. The van der Waals surface area contributed by atoms with E-state index >= 15 is 0 Å². The third-order valence-electron chi connectivity index (χ3n) is 3.82. The van der Waals surface area contributed by atoms with Gasteiger partial charge in [0.2, 0.25) is 5.43 Å². The lowest BCUT2D eigenvalue weighted by Gasteiger charge is -2.34. The van der Waals surface area contributed by atoms with Gasteiger partial charge in [0.15, 0.2) is 5.75 Å². The topological polar surface area (TPSA) is 48.7 Å². The second-order valence-electron chi connectivity index (χ2n) is 5.17. The minimum Gasteiger partial charge on any atom is -0.503 e. The maximum Gasteiger partial charge on any atom is 0.223 e. The fourth-order valence-corrected chi connectivity index (χ4v) is 2.54. The Bertz CT molecular complexity index is 516. The Morgan fingerprint density at radius 2 is 1.95 bits per heavy atom. The zero-order valence-corrected chi connectivity index (χ0v) is 12.1. The van der Waals surface area contributed by atoms with E-state index in [0.717, 1.165) is 45.0 Å².